The third-order valence-electron chi connectivity index (χ3n) is 5.30. The summed E-state index contributed by atoms with van der Waals surface area (Å²) in [4.78, 5) is 14.5. The smallest absolute Gasteiger partial charge is 0.220 e. The Bertz CT molecular complexity index is 791. The van der Waals surface area contributed by atoms with Crippen LogP contribution >= 0.6 is 0 Å². The number of benzene rings is 2. The predicted molar refractivity (Wildman–Crippen MR) is 109 cm³/mol. The van der Waals surface area contributed by atoms with Gasteiger partial charge in [-0.2, -0.15) is 0 Å². The molecule has 0 saturated carbocycles. The highest BCUT2D eigenvalue weighted by Gasteiger charge is 2.27. The second kappa shape index (κ2) is 9.60. The van der Waals surface area contributed by atoms with Gasteiger partial charge in [0.2, 0.25) is 11.5 Å². The first-order chi connectivity index (χ1) is 13.6. The quantitative estimate of drug-likeness (QED) is 0.711. The number of nitrogens with one attached hydrogen (secondary N) is 1. The molecule has 5 nitrogen and oxygen atoms in total. The van der Waals surface area contributed by atoms with Crippen LogP contribution in [-0.4, -0.2) is 39.6 Å². The minimum absolute atomic E-state index is 0.0770. The molecule has 1 aliphatic rings. The molecule has 0 aliphatic carbocycles. The predicted octanol–water partition coefficient (Wildman–Crippen LogP) is 2.78. The Morgan fingerprint density at radius 2 is 1.86 bits per heavy atom. The number of methoxy groups -OCH3 is 2. The third-order valence-corrected chi connectivity index (χ3v) is 5.30. The molecule has 1 fully saturated rings. The number of rotatable bonds is 8. The summed E-state index contributed by atoms with van der Waals surface area (Å²) in [6, 6.07) is 13.4. The van der Waals surface area contributed by atoms with Crippen molar-refractivity contribution in [3.8, 4) is 17.2 Å². The molecule has 2 atom stereocenters. The van der Waals surface area contributed by atoms with E-state index >= 15 is 0 Å². The van der Waals surface area contributed by atoms with E-state index in [1.807, 2.05) is 30.3 Å². The highest BCUT2D eigenvalue weighted by atomic mass is 16.5. The largest absolute Gasteiger partial charge is 0.493 e. The minimum Gasteiger partial charge on any atom is -0.493 e. The fraction of sp³-hybridized carbons (Fsp3) is 0.435. The van der Waals surface area contributed by atoms with Gasteiger partial charge in [0.15, 0.2) is 11.5 Å². The number of ketones is 1. The molecule has 1 heterocycles. The highest BCUT2D eigenvalue weighted by molar-refractivity contribution is 6.00. The van der Waals surface area contributed by atoms with Crippen LogP contribution in [0, 0.1) is 5.92 Å². The summed E-state index contributed by atoms with van der Waals surface area (Å²) in [7, 11) is 3.15. The molecule has 0 amide bonds. The summed E-state index contributed by atoms with van der Waals surface area (Å²) in [5.41, 5.74) is 1.58. The van der Waals surface area contributed by atoms with Crippen molar-refractivity contribution in [2.75, 3.05) is 33.9 Å². The maximum atomic E-state index is 13.1. The lowest BCUT2D eigenvalue weighted by Gasteiger charge is -2.27. The lowest BCUT2D eigenvalue weighted by molar-refractivity contribution is -0.900. The molecular weight excluding hydrogens is 354 g/mol. The summed E-state index contributed by atoms with van der Waals surface area (Å²) in [5, 5.41) is 0. The van der Waals surface area contributed by atoms with Crippen molar-refractivity contribution >= 4 is 5.78 Å². The monoisotopic (exact) mass is 384 g/mol. The van der Waals surface area contributed by atoms with Gasteiger partial charge >= 0.3 is 0 Å². The van der Waals surface area contributed by atoms with E-state index in [0.29, 0.717) is 41.9 Å². The van der Waals surface area contributed by atoms with E-state index < -0.39 is 0 Å². The number of quaternary nitrogens is 1. The molecule has 28 heavy (non-hydrogen) atoms. The summed E-state index contributed by atoms with van der Waals surface area (Å²) < 4.78 is 17.0. The van der Waals surface area contributed by atoms with E-state index in [9.17, 15) is 4.79 Å². The average molecular weight is 384 g/mol. The summed E-state index contributed by atoms with van der Waals surface area (Å²) >= 11 is 0. The first-order valence-electron chi connectivity index (χ1n) is 9.90. The van der Waals surface area contributed by atoms with E-state index in [1.165, 1.54) is 17.7 Å². The molecule has 5 heteroatoms. The molecule has 0 spiro atoms. The number of piperidine rings is 1. The van der Waals surface area contributed by atoms with Crippen molar-refractivity contribution in [2.24, 2.45) is 5.92 Å². The Kier molecular flexibility index (Phi) is 6.93. The molecule has 1 saturated heterocycles. The van der Waals surface area contributed by atoms with Crippen LogP contribution in [0.25, 0.3) is 0 Å². The van der Waals surface area contributed by atoms with E-state index in [-0.39, 0.29) is 5.78 Å². The molecule has 2 unspecified atom stereocenters. The molecule has 150 valence electrons. The Labute approximate surface area is 167 Å². The van der Waals surface area contributed by atoms with Crippen LogP contribution in [-0.2, 0) is 6.61 Å². The average Bonchev–Trinajstić information content (AvgIpc) is 2.72. The van der Waals surface area contributed by atoms with Crippen molar-refractivity contribution < 1.29 is 23.9 Å². The van der Waals surface area contributed by atoms with Crippen molar-refractivity contribution in [3.05, 3.63) is 53.6 Å². The molecule has 0 aromatic heterocycles. The first-order valence-corrected chi connectivity index (χ1v) is 9.90. The Morgan fingerprint density at radius 1 is 1.07 bits per heavy atom. The van der Waals surface area contributed by atoms with Gasteiger partial charge in [0.25, 0.3) is 0 Å². The molecule has 3 rings (SSSR count). The zero-order chi connectivity index (χ0) is 19.9. The van der Waals surface area contributed by atoms with Gasteiger partial charge in [-0.1, -0.05) is 37.3 Å². The molecule has 2 aromatic rings. The lowest BCUT2D eigenvalue weighted by Crippen LogP contribution is -3.14. The van der Waals surface area contributed by atoms with Gasteiger partial charge in [-0.3, -0.25) is 4.79 Å². The molecular formula is C23H30NO4+. The number of carbonyl (C=O) groups is 1. The maximum absolute atomic E-state index is 13.1. The minimum atomic E-state index is 0.0770. The van der Waals surface area contributed by atoms with Crippen molar-refractivity contribution in [1.82, 2.24) is 0 Å². The number of likely N-dealkylation sites (tertiary alicyclic amines) is 1. The second-order valence-electron chi connectivity index (χ2n) is 7.50. The zero-order valence-corrected chi connectivity index (χ0v) is 17.0. The van der Waals surface area contributed by atoms with Crippen LogP contribution < -0.4 is 19.1 Å². The van der Waals surface area contributed by atoms with Crippen LogP contribution in [0.15, 0.2) is 42.5 Å². The van der Waals surface area contributed by atoms with Crippen LogP contribution in [0.1, 0.15) is 35.7 Å². The first kappa shape index (κ1) is 20.2. The van der Waals surface area contributed by atoms with Gasteiger partial charge in [-0.25, -0.2) is 0 Å². The van der Waals surface area contributed by atoms with Crippen LogP contribution in [0.4, 0.5) is 0 Å². The number of ether oxygens (including phenoxy) is 3. The van der Waals surface area contributed by atoms with Crippen LogP contribution in [0.2, 0.25) is 0 Å². The third kappa shape index (κ3) is 4.84. The topological polar surface area (TPSA) is 49.2 Å². The molecule has 1 N–H and O–H groups in total. The lowest BCUT2D eigenvalue weighted by atomic mass is 9.99. The Morgan fingerprint density at radius 3 is 2.54 bits per heavy atom. The van der Waals surface area contributed by atoms with E-state index in [2.05, 4.69) is 6.92 Å². The van der Waals surface area contributed by atoms with Gasteiger partial charge in [-0.05, 0) is 30.5 Å². The van der Waals surface area contributed by atoms with Gasteiger partial charge in [0.05, 0.1) is 32.9 Å². The number of hydrogen-bond donors (Lipinski definition) is 1. The molecule has 2 aromatic carbocycles. The zero-order valence-electron chi connectivity index (χ0n) is 17.0. The molecule has 0 bridgehead atoms. The number of hydrogen-bond acceptors (Lipinski definition) is 4. The van der Waals surface area contributed by atoms with Gasteiger partial charge in [0.1, 0.15) is 13.2 Å². The summed E-state index contributed by atoms with van der Waals surface area (Å²) in [6.07, 6.45) is 2.42. The van der Waals surface area contributed by atoms with Gasteiger partial charge in [-0.15, -0.1) is 0 Å². The normalized spacial score (nSPS) is 19.1. The van der Waals surface area contributed by atoms with Crippen LogP contribution in [0.5, 0.6) is 17.2 Å². The van der Waals surface area contributed by atoms with Crippen molar-refractivity contribution in [3.63, 3.8) is 0 Å². The Balaban J connectivity index is 1.85. The maximum Gasteiger partial charge on any atom is 0.220 e. The van der Waals surface area contributed by atoms with Gasteiger partial charge in [0, 0.05) is 5.92 Å². The highest BCUT2D eigenvalue weighted by Crippen LogP contribution is 2.40. The number of Topliss-reactive ketones (excluding diaryl/α,β-unsaturated/α-hetero) is 1. The fourth-order valence-corrected chi connectivity index (χ4v) is 3.87. The standard InChI is InChI=1S/C23H29NO4/c1-17-8-7-13-24(14-17)15-20(25)19-11-12-21(26-2)23(27-3)22(19)28-16-18-9-5-4-6-10-18/h4-6,9-12,17H,7-8,13-16H2,1-3H3/p+1. The van der Waals surface area contributed by atoms with Gasteiger partial charge < -0.3 is 19.1 Å². The van der Waals surface area contributed by atoms with E-state index in [0.717, 1.165) is 18.7 Å². The SMILES string of the molecule is COc1ccc(C(=O)C[NH+]2CCCC(C)C2)c(OCc2ccccc2)c1OC. The Hall–Kier alpha value is -2.53. The van der Waals surface area contributed by atoms with Crippen LogP contribution in [0.3, 0.4) is 0 Å². The van der Waals surface area contributed by atoms with E-state index in [4.69, 9.17) is 14.2 Å². The summed E-state index contributed by atoms with van der Waals surface area (Å²) in [6.45, 7) is 5.18. The van der Waals surface area contributed by atoms with Crippen molar-refractivity contribution in [2.45, 2.75) is 26.4 Å². The number of carbonyl (C=O) groups excluding carboxylic acids is 1. The fourth-order valence-electron chi connectivity index (χ4n) is 3.87. The summed E-state index contributed by atoms with van der Waals surface area (Å²) in [5.74, 6) is 2.22. The van der Waals surface area contributed by atoms with Crippen molar-refractivity contribution in [1.29, 1.82) is 0 Å². The second-order valence-corrected chi connectivity index (χ2v) is 7.50. The molecule has 1 aliphatic heterocycles. The molecule has 0 radical (unpaired) electrons. The van der Waals surface area contributed by atoms with E-state index in [1.54, 1.807) is 26.4 Å².